The SMILES string of the molecule is Cc1ccc(C(=O)N/C(=C/c2ccc(N(C)C)cc2)C(=O)NCCc2c[nH]c3ccccc23)cc1. The maximum Gasteiger partial charge on any atom is 0.267 e. The van der Waals surface area contributed by atoms with Gasteiger partial charge in [0.05, 0.1) is 0 Å². The summed E-state index contributed by atoms with van der Waals surface area (Å²) in [5, 5.41) is 6.91. The van der Waals surface area contributed by atoms with Crippen molar-refractivity contribution in [3.05, 3.63) is 107 Å². The lowest BCUT2D eigenvalue weighted by atomic mass is 10.1. The molecule has 2 amide bonds. The van der Waals surface area contributed by atoms with Crippen molar-refractivity contribution in [3.63, 3.8) is 0 Å². The maximum absolute atomic E-state index is 13.1. The summed E-state index contributed by atoms with van der Waals surface area (Å²) in [6.45, 7) is 2.41. The molecule has 0 aliphatic heterocycles. The van der Waals surface area contributed by atoms with Crippen molar-refractivity contribution in [1.82, 2.24) is 15.6 Å². The molecule has 6 heteroatoms. The summed E-state index contributed by atoms with van der Waals surface area (Å²) in [4.78, 5) is 31.3. The highest BCUT2D eigenvalue weighted by atomic mass is 16.2. The summed E-state index contributed by atoms with van der Waals surface area (Å²) in [5.41, 5.74) is 5.84. The number of para-hydroxylation sites is 1. The Morgan fingerprint density at radius 1 is 0.943 bits per heavy atom. The van der Waals surface area contributed by atoms with Gasteiger partial charge < -0.3 is 20.5 Å². The molecule has 0 aliphatic rings. The molecule has 6 nitrogen and oxygen atoms in total. The second-order valence-electron chi connectivity index (χ2n) is 8.73. The van der Waals surface area contributed by atoms with E-state index in [4.69, 9.17) is 0 Å². The number of hydrogen-bond donors (Lipinski definition) is 3. The molecule has 3 N–H and O–H groups in total. The van der Waals surface area contributed by atoms with Gasteiger partial charge in [0.1, 0.15) is 5.70 Å². The van der Waals surface area contributed by atoms with Crippen molar-refractivity contribution >= 4 is 34.5 Å². The largest absolute Gasteiger partial charge is 0.378 e. The predicted octanol–water partition coefficient (Wildman–Crippen LogP) is 4.67. The molecule has 4 aromatic rings. The Morgan fingerprint density at radius 3 is 2.37 bits per heavy atom. The summed E-state index contributed by atoms with van der Waals surface area (Å²) >= 11 is 0. The molecule has 0 atom stereocenters. The van der Waals surface area contributed by atoms with Crippen LogP contribution in [0.4, 0.5) is 5.69 Å². The molecule has 0 spiro atoms. The van der Waals surface area contributed by atoms with Crippen LogP contribution in [0.2, 0.25) is 0 Å². The molecular weight excluding hydrogens is 436 g/mol. The van der Waals surface area contributed by atoms with Gasteiger partial charge in [0.25, 0.3) is 11.8 Å². The van der Waals surface area contributed by atoms with E-state index in [9.17, 15) is 9.59 Å². The molecule has 0 fully saturated rings. The Morgan fingerprint density at radius 2 is 1.66 bits per heavy atom. The van der Waals surface area contributed by atoms with Gasteiger partial charge in [0, 0.05) is 49.0 Å². The summed E-state index contributed by atoms with van der Waals surface area (Å²) in [7, 11) is 3.94. The number of carbonyl (C=O) groups is 2. The number of nitrogens with zero attached hydrogens (tertiary/aromatic N) is 1. The van der Waals surface area contributed by atoms with E-state index in [0.717, 1.165) is 33.3 Å². The van der Waals surface area contributed by atoms with Gasteiger partial charge in [-0.25, -0.2) is 0 Å². The van der Waals surface area contributed by atoms with Crippen LogP contribution in [-0.2, 0) is 11.2 Å². The predicted molar refractivity (Wildman–Crippen MR) is 142 cm³/mol. The van der Waals surface area contributed by atoms with Crippen LogP contribution in [0.5, 0.6) is 0 Å². The Hall–Kier alpha value is -4.32. The van der Waals surface area contributed by atoms with Crippen LogP contribution in [0.1, 0.15) is 27.0 Å². The second-order valence-corrected chi connectivity index (χ2v) is 8.73. The normalized spacial score (nSPS) is 11.3. The molecule has 35 heavy (non-hydrogen) atoms. The van der Waals surface area contributed by atoms with E-state index in [1.54, 1.807) is 18.2 Å². The van der Waals surface area contributed by atoms with Crippen molar-refractivity contribution < 1.29 is 9.59 Å². The average Bonchev–Trinajstić information content (AvgIpc) is 3.27. The first-order valence-electron chi connectivity index (χ1n) is 11.6. The topological polar surface area (TPSA) is 77.2 Å². The average molecular weight is 467 g/mol. The zero-order chi connectivity index (χ0) is 24.8. The van der Waals surface area contributed by atoms with Gasteiger partial charge in [-0.05, 0) is 60.9 Å². The fourth-order valence-electron chi connectivity index (χ4n) is 3.84. The number of fused-ring (bicyclic) bond motifs is 1. The molecule has 4 rings (SSSR count). The molecular formula is C29H30N4O2. The Balaban J connectivity index is 1.50. The summed E-state index contributed by atoms with van der Waals surface area (Å²) in [6, 6.07) is 23.1. The van der Waals surface area contributed by atoms with Gasteiger partial charge in [-0.3, -0.25) is 9.59 Å². The van der Waals surface area contributed by atoms with Crippen molar-refractivity contribution in [3.8, 4) is 0 Å². The lowest BCUT2D eigenvalue weighted by molar-refractivity contribution is -0.117. The van der Waals surface area contributed by atoms with Gasteiger partial charge in [-0.1, -0.05) is 48.0 Å². The number of carbonyl (C=O) groups excluding carboxylic acids is 2. The minimum Gasteiger partial charge on any atom is -0.378 e. The van der Waals surface area contributed by atoms with Gasteiger partial charge in [0.15, 0.2) is 0 Å². The van der Waals surface area contributed by atoms with Gasteiger partial charge in [-0.15, -0.1) is 0 Å². The number of rotatable bonds is 8. The summed E-state index contributed by atoms with van der Waals surface area (Å²) in [6.07, 6.45) is 4.35. The first-order chi connectivity index (χ1) is 16.9. The molecule has 0 radical (unpaired) electrons. The van der Waals surface area contributed by atoms with Gasteiger partial charge in [-0.2, -0.15) is 0 Å². The number of hydrogen-bond acceptors (Lipinski definition) is 3. The number of H-pyrrole nitrogens is 1. The Kier molecular flexibility index (Phi) is 7.31. The lowest BCUT2D eigenvalue weighted by Crippen LogP contribution is -2.35. The third kappa shape index (κ3) is 5.98. The van der Waals surface area contributed by atoms with Crippen molar-refractivity contribution in [2.24, 2.45) is 0 Å². The fraction of sp³-hybridized carbons (Fsp3) is 0.172. The molecule has 3 aromatic carbocycles. The highest BCUT2D eigenvalue weighted by molar-refractivity contribution is 6.05. The van der Waals surface area contributed by atoms with Gasteiger partial charge >= 0.3 is 0 Å². The van der Waals surface area contributed by atoms with Crippen LogP contribution >= 0.6 is 0 Å². The number of aromatic nitrogens is 1. The number of anilines is 1. The third-order valence-corrected chi connectivity index (χ3v) is 5.88. The molecule has 1 aromatic heterocycles. The van der Waals surface area contributed by atoms with E-state index in [0.29, 0.717) is 18.5 Å². The lowest BCUT2D eigenvalue weighted by Gasteiger charge is -2.13. The first-order valence-corrected chi connectivity index (χ1v) is 11.6. The fourth-order valence-corrected chi connectivity index (χ4v) is 3.84. The third-order valence-electron chi connectivity index (χ3n) is 5.88. The molecule has 0 unspecified atom stereocenters. The molecule has 178 valence electrons. The molecule has 0 bridgehead atoms. The van der Waals surface area contributed by atoms with E-state index < -0.39 is 0 Å². The Bertz CT molecular complexity index is 1350. The van der Waals surface area contributed by atoms with E-state index >= 15 is 0 Å². The van der Waals surface area contributed by atoms with E-state index in [-0.39, 0.29) is 17.5 Å². The molecule has 0 saturated heterocycles. The zero-order valence-corrected chi connectivity index (χ0v) is 20.3. The van der Waals surface area contributed by atoms with Crippen LogP contribution in [0.15, 0.2) is 84.7 Å². The molecule has 0 aliphatic carbocycles. The van der Waals surface area contributed by atoms with Gasteiger partial charge in [0.2, 0.25) is 0 Å². The van der Waals surface area contributed by atoms with Crippen LogP contribution in [-0.4, -0.2) is 37.4 Å². The van der Waals surface area contributed by atoms with E-state index in [1.165, 1.54) is 0 Å². The minimum absolute atomic E-state index is 0.201. The van der Waals surface area contributed by atoms with Crippen molar-refractivity contribution in [2.75, 3.05) is 25.5 Å². The van der Waals surface area contributed by atoms with E-state index in [2.05, 4.69) is 21.7 Å². The molecule has 0 saturated carbocycles. The number of aromatic amines is 1. The summed E-state index contributed by atoms with van der Waals surface area (Å²) < 4.78 is 0. The molecule has 1 heterocycles. The zero-order valence-electron chi connectivity index (χ0n) is 20.3. The first kappa shape index (κ1) is 23.8. The Labute approximate surface area is 205 Å². The minimum atomic E-state index is -0.331. The maximum atomic E-state index is 13.1. The van der Waals surface area contributed by atoms with Crippen molar-refractivity contribution in [2.45, 2.75) is 13.3 Å². The smallest absolute Gasteiger partial charge is 0.267 e. The summed E-state index contributed by atoms with van der Waals surface area (Å²) in [5.74, 6) is -0.657. The highest BCUT2D eigenvalue weighted by Gasteiger charge is 2.15. The quantitative estimate of drug-likeness (QED) is 0.330. The number of benzene rings is 3. The van der Waals surface area contributed by atoms with Crippen molar-refractivity contribution in [1.29, 1.82) is 0 Å². The van der Waals surface area contributed by atoms with Crippen LogP contribution in [0.3, 0.4) is 0 Å². The monoisotopic (exact) mass is 466 g/mol. The van der Waals surface area contributed by atoms with Crippen LogP contribution < -0.4 is 15.5 Å². The highest BCUT2D eigenvalue weighted by Crippen LogP contribution is 2.18. The standard InChI is InChI=1S/C29H30N4O2/c1-20-8-12-22(13-9-20)28(34)32-27(18-21-10-14-24(15-11-21)33(2)3)29(35)30-17-16-23-19-31-26-7-5-4-6-25(23)26/h4-15,18-19,31H,16-17H2,1-3H3,(H,30,35)(H,32,34)/b27-18+. The van der Waals surface area contributed by atoms with Crippen LogP contribution in [0.25, 0.3) is 17.0 Å². The number of amides is 2. The number of nitrogens with one attached hydrogen (secondary N) is 3. The van der Waals surface area contributed by atoms with Crippen LogP contribution in [0, 0.1) is 6.92 Å². The number of aryl methyl sites for hydroxylation is 1. The van der Waals surface area contributed by atoms with E-state index in [1.807, 2.05) is 86.7 Å². The second kappa shape index (κ2) is 10.7.